The molecule has 0 unspecified atom stereocenters. The highest BCUT2D eigenvalue weighted by atomic mass is 32.1. The quantitative estimate of drug-likeness (QED) is 0.236. The molecule has 0 aliphatic carbocycles. The van der Waals surface area contributed by atoms with Gasteiger partial charge >= 0.3 is 0 Å². The molecule has 186 valence electrons. The van der Waals surface area contributed by atoms with Gasteiger partial charge in [-0.05, 0) is 80.2 Å². The second kappa shape index (κ2) is 10.8. The molecule has 0 bridgehead atoms. The summed E-state index contributed by atoms with van der Waals surface area (Å²) in [4.78, 5) is 33.6. The first kappa shape index (κ1) is 25.2. The van der Waals surface area contributed by atoms with Crippen LogP contribution in [0.5, 0.6) is 0 Å². The predicted molar refractivity (Wildman–Crippen MR) is 148 cm³/mol. The van der Waals surface area contributed by atoms with Crippen LogP contribution >= 0.6 is 11.3 Å². The van der Waals surface area contributed by atoms with Gasteiger partial charge in [-0.1, -0.05) is 6.07 Å². The molecule has 36 heavy (non-hydrogen) atoms. The van der Waals surface area contributed by atoms with Crippen LogP contribution in [-0.4, -0.2) is 41.4 Å². The molecule has 4 aromatic rings. The molecule has 1 aromatic carbocycles. The number of Topliss-reactive ketones (excluding diaryl/α,β-unsaturated/α-hetero) is 1. The summed E-state index contributed by atoms with van der Waals surface area (Å²) in [6, 6.07) is 17.3. The Bertz CT molecular complexity index is 1350. The van der Waals surface area contributed by atoms with Gasteiger partial charge in [0.1, 0.15) is 11.5 Å². The van der Waals surface area contributed by atoms with Crippen molar-refractivity contribution in [2.45, 2.75) is 20.8 Å². The van der Waals surface area contributed by atoms with E-state index in [2.05, 4.69) is 39.6 Å². The van der Waals surface area contributed by atoms with Crippen molar-refractivity contribution < 1.29 is 9.59 Å². The number of ketones is 1. The van der Waals surface area contributed by atoms with Crippen LogP contribution in [0.1, 0.15) is 27.4 Å². The summed E-state index contributed by atoms with van der Waals surface area (Å²) < 4.78 is 1.77. The summed E-state index contributed by atoms with van der Waals surface area (Å²) in [5.41, 5.74) is 5.80. The van der Waals surface area contributed by atoms with Crippen molar-refractivity contribution in [3.63, 3.8) is 0 Å². The third-order valence-electron chi connectivity index (χ3n) is 6.08. The van der Waals surface area contributed by atoms with Crippen molar-refractivity contribution in [2.24, 2.45) is 7.05 Å². The maximum atomic E-state index is 13.1. The number of aromatic nitrogens is 2. The number of hydrogen-bond acceptors (Lipinski definition) is 6. The lowest BCUT2D eigenvalue weighted by molar-refractivity contribution is -0.112. The Morgan fingerprint density at radius 1 is 1.03 bits per heavy atom. The zero-order chi connectivity index (χ0) is 25.8. The van der Waals surface area contributed by atoms with E-state index in [0.717, 1.165) is 46.4 Å². The van der Waals surface area contributed by atoms with E-state index in [1.807, 2.05) is 56.6 Å². The Hall–Kier alpha value is -3.91. The zero-order valence-corrected chi connectivity index (χ0v) is 22.1. The molecule has 3 aromatic heterocycles. The van der Waals surface area contributed by atoms with Crippen molar-refractivity contribution >= 4 is 40.2 Å². The molecule has 0 saturated heterocycles. The number of anilines is 3. The molecule has 0 saturated carbocycles. The minimum Gasteiger partial charge on any atom is -0.383 e. The first-order chi connectivity index (χ1) is 17.2. The fourth-order valence-electron chi connectivity index (χ4n) is 4.09. The minimum absolute atomic E-state index is 0.396. The van der Waals surface area contributed by atoms with E-state index in [-0.39, 0.29) is 0 Å². The SMILES string of the molecule is Cc1cc(C)nc(N(C)CCNc2ccc(NC(=O)C(=O)c3c(-c4cccs4)cc(C)n3C)cc2)c1. The van der Waals surface area contributed by atoms with Crippen LogP contribution in [0, 0.1) is 20.8 Å². The van der Waals surface area contributed by atoms with Crippen molar-refractivity contribution in [1.29, 1.82) is 0 Å². The van der Waals surface area contributed by atoms with Gasteiger partial charge in [0.25, 0.3) is 11.7 Å². The summed E-state index contributed by atoms with van der Waals surface area (Å²) >= 11 is 1.54. The van der Waals surface area contributed by atoms with E-state index in [9.17, 15) is 9.59 Å². The molecular formula is C28H31N5O2S. The van der Waals surface area contributed by atoms with Gasteiger partial charge < -0.3 is 20.1 Å². The highest BCUT2D eigenvalue weighted by molar-refractivity contribution is 7.13. The van der Waals surface area contributed by atoms with Crippen molar-refractivity contribution in [1.82, 2.24) is 9.55 Å². The number of nitrogens with one attached hydrogen (secondary N) is 2. The smallest absolute Gasteiger partial charge is 0.298 e. The Morgan fingerprint density at radius 2 is 1.75 bits per heavy atom. The zero-order valence-electron chi connectivity index (χ0n) is 21.3. The number of carbonyl (C=O) groups excluding carboxylic acids is 2. The fourth-order valence-corrected chi connectivity index (χ4v) is 4.83. The van der Waals surface area contributed by atoms with Crippen LogP contribution in [-0.2, 0) is 11.8 Å². The third-order valence-corrected chi connectivity index (χ3v) is 6.98. The van der Waals surface area contributed by atoms with E-state index in [1.54, 1.807) is 35.1 Å². The summed E-state index contributed by atoms with van der Waals surface area (Å²) in [5, 5.41) is 8.08. The molecule has 1 amide bonds. The maximum Gasteiger partial charge on any atom is 0.298 e. The maximum absolute atomic E-state index is 13.1. The van der Waals surface area contributed by atoms with Crippen LogP contribution in [0.2, 0.25) is 0 Å². The molecule has 0 aliphatic rings. The molecule has 0 radical (unpaired) electrons. The first-order valence-electron chi connectivity index (χ1n) is 11.8. The molecular weight excluding hydrogens is 470 g/mol. The van der Waals surface area contributed by atoms with Gasteiger partial charge in [0.2, 0.25) is 0 Å². The van der Waals surface area contributed by atoms with Crippen LogP contribution < -0.4 is 15.5 Å². The average Bonchev–Trinajstić information content (AvgIpc) is 3.47. The highest BCUT2D eigenvalue weighted by Crippen LogP contribution is 2.31. The van der Waals surface area contributed by atoms with Gasteiger partial charge in [0, 0.05) is 60.4 Å². The second-order valence-electron chi connectivity index (χ2n) is 8.94. The van der Waals surface area contributed by atoms with E-state index in [0.29, 0.717) is 11.4 Å². The molecule has 0 atom stereocenters. The lowest BCUT2D eigenvalue weighted by Gasteiger charge is -2.20. The minimum atomic E-state index is -0.655. The van der Waals surface area contributed by atoms with Crippen LogP contribution in [0.25, 0.3) is 10.4 Å². The Morgan fingerprint density at radius 3 is 2.42 bits per heavy atom. The van der Waals surface area contributed by atoms with E-state index >= 15 is 0 Å². The third kappa shape index (κ3) is 5.66. The molecule has 0 spiro atoms. The lowest BCUT2D eigenvalue weighted by Crippen LogP contribution is -2.26. The standard InChI is InChI=1S/C28H31N5O2S/c1-18-15-19(2)30-25(16-18)32(4)13-12-29-21-8-10-22(11-9-21)31-28(35)27(34)26-23(17-20(3)33(26)5)24-7-6-14-36-24/h6-11,14-17,29H,12-13H2,1-5H3,(H,31,35). The monoisotopic (exact) mass is 501 g/mol. The number of aryl methyl sites for hydroxylation is 3. The number of rotatable bonds is 9. The van der Waals surface area contributed by atoms with Crippen LogP contribution in [0.3, 0.4) is 0 Å². The molecule has 7 nitrogen and oxygen atoms in total. The summed E-state index contributed by atoms with van der Waals surface area (Å²) in [5.74, 6) is -0.260. The second-order valence-corrected chi connectivity index (χ2v) is 9.89. The highest BCUT2D eigenvalue weighted by Gasteiger charge is 2.25. The molecule has 8 heteroatoms. The summed E-state index contributed by atoms with van der Waals surface area (Å²) in [6.45, 7) is 7.51. The number of hydrogen-bond donors (Lipinski definition) is 2. The van der Waals surface area contributed by atoms with Crippen molar-refractivity contribution in [2.75, 3.05) is 35.7 Å². The normalized spacial score (nSPS) is 10.8. The molecule has 4 rings (SSSR count). The van der Waals surface area contributed by atoms with Gasteiger partial charge in [0.05, 0.1) is 0 Å². The molecule has 3 heterocycles. The number of benzene rings is 1. The van der Waals surface area contributed by atoms with Crippen molar-refractivity contribution in [3.05, 3.63) is 82.6 Å². The van der Waals surface area contributed by atoms with Gasteiger partial charge in [0.15, 0.2) is 0 Å². The van der Waals surface area contributed by atoms with Crippen LogP contribution in [0.15, 0.2) is 60.0 Å². The lowest BCUT2D eigenvalue weighted by atomic mass is 10.1. The molecule has 0 fully saturated rings. The van der Waals surface area contributed by atoms with Crippen molar-refractivity contribution in [3.8, 4) is 10.4 Å². The number of carbonyl (C=O) groups is 2. The number of likely N-dealkylation sites (N-methyl/N-ethyl adjacent to an activating group) is 1. The largest absolute Gasteiger partial charge is 0.383 e. The Balaban J connectivity index is 1.35. The van der Waals surface area contributed by atoms with Gasteiger partial charge in [-0.3, -0.25) is 9.59 Å². The summed E-state index contributed by atoms with van der Waals surface area (Å²) in [7, 11) is 3.83. The van der Waals surface area contributed by atoms with Crippen LogP contribution in [0.4, 0.5) is 17.2 Å². The average molecular weight is 502 g/mol. The molecule has 2 N–H and O–H groups in total. The van der Waals surface area contributed by atoms with Gasteiger partial charge in [-0.15, -0.1) is 11.3 Å². The van der Waals surface area contributed by atoms with E-state index in [4.69, 9.17) is 0 Å². The number of nitrogens with zero attached hydrogens (tertiary/aromatic N) is 3. The van der Waals surface area contributed by atoms with E-state index < -0.39 is 11.7 Å². The molecule has 0 aliphatic heterocycles. The number of pyridine rings is 1. The Kier molecular flexibility index (Phi) is 7.55. The Labute approximate surface area is 215 Å². The topological polar surface area (TPSA) is 79.3 Å². The van der Waals surface area contributed by atoms with Gasteiger partial charge in [-0.25, -0.2) is 4.98 Å². The predicted octanol–water partition coefficient (Wildman–Crippen LogP) is 5.44. The van der Waals surface area contributed by atoms with Gasteiger partial charge in [-0.2, -0.15) is 0 Å². The van der Waals surface area contributed by atoms with E-state index in [1.165, 1.54) is 5.56 Å². The number of amides is 1. The number of thiophene rings is 1. The summed E-state index contributed by atoms with van der Waals surface area (Å²) in [6.07, 6.45) is 0. The fraction of sp³-hybridized carbons (Fsp3) is 0.250. The first-order valence-corrected chi connectivity index (χ1v) is 12.7.